The highest BCUT2D eigenvalue weighted by molar-refractivity contribution is 9.10. The average Bonchev–Trinajstić information content (AvgIpc) is 2.54. The van der Waals surface area contributed by atoms with E-state index in [1.54, 1.807) is 7.11 Å². The SMILES string of the molecule is COc1cc(C)c([C@@H](C)NC(=O)c2ccccc2Br)cc1C(C)C. The molecule has 0 radical (unpaired) electrons. The van der Waals surface area contributed by atoms with Crippen LogP contribution in [-0.4, -0.2) is 13.0 Å². The molecular formula is C20H24BrNO2. The molecule has 1 amide bonds. The van der Waals surface area contributed by atoms with E-state index in [9.17, 15) is 4.79 Å². The molecule has 1 atom stereocenters. The lowest BCUT2D eigenvalue weighted by Crippen LogP contribution is -2.27. The summed E-state index contributed by atoms with van der Waals surface area (Å²) in [6.45, 7) is 8.33. The van der Waals surface area contributed by atoms with Gasteiger partial charge in [-0.05, 0) is 76.7 Å². The van der Waals surface area contributed by atoms with Crippen LogP contribution in [0.4, 0.5) is 0 Å². The molecule has 0 fully saturated rings. The van der Waals surface area contributed by atoms with Crippen molar-refractivity contribution in [3.63, 3.8) is 0 Å². The number of amides is 1. The highest BCUT2D eigenvalue weighted by Crippen LogP contribution is 2.32. The molecule has 0 aromatic heterocycles. The first-order valence-corrected chi connectivity index (χ1v) is 8.88. The molecule has 0 saturated heterocycles. The topological polar surface area (TPSA) is 38.3 Å². The Bertz CT molecular complexity index is 740. The van der Waals surface area contributed by atoms with Crippen LogP contribution >= 0.6 is 15.9 Å². The van der Waals surface area contributed by atoms with Crippen molar-refractivity contribution in [3.05, 3.63) is 63.1 Å². The Balaban J connectivity index is 2.29. The Kier molecular flexibility index (Phi) is 6.05. The first kappa shape index (κ1) is 18.5. The van der Waals surface area contributed by atoms with Crippen molar-refractivity contribution in [1.29, 1.82) is 0 Å². The molecule has 3 nitrogen and oxygen atoms in total. The first-order chi connectivity index (χ1) is 11.3. The number of halogens is 1. The van der Waals surface area contributed by atoms with Crippen molar-refractivity contribution in [2.75, 3.05) is 7.11 Å². The number of aryl methyl sites for hydroxylation is 1. The lowest BCUT2D eigenvalue weighted by atomic mass is 9.93. The van der Waals surface area contributed by atoms with Gasteiger partial charge in [-0.15, -0.1) is 0 Å². The number of hydrogen-bond donors (Lipinski definition) is 1. The van der Waals surface area contributed by atoms with Crippen molar-refractivity contribution in [3.8, 4) is 5.75 Å². The molecule has 2 aromatic carbocycles. The third kappa shape index (κ3) is 3.99. The maximum absolute atomic E-state index is 12.5. The molecule has 2 rings (SSSR count). The maximum Gasteiger partial charge on any atom is 0.252 e. The monoisotopic (exact) mass is 389 g/mol. The van der Waals surface area contributed by atoms with E-state index < -0.39 is 0 Å². The Hall–Kier alpha value is -1.81. The predicted octanol–water partition coefficient (Wildman–Crippen LogP) is 5.38. The molecule has 0 bridgehead atoms. The zero-order chi connectivity index (χ0) is 17.9. The van der Waals surface area contributed by atoms with Crippen molar-refractivity contribution in [2.45, 2.75) is 39.7 Å². The lowest BCUT2D eigenvalue weighted by Gasteiger charge is -2.21. The van der Waals surface area contributed by atoms with Crippen LogP contribution in [-0.2, 0) is 0 Å². The molecule has 0 spiro atoms. The van der Waals surface area contributed by atoms with E-state index in [4.69, 9.17) is 4.74 Å². The van der Waals surface area contributed by atoms with Crippen LogP contribution in [0.5, 0.6) is 5.75 Å². The highest BCUT2D eigenvalue weighted by Gasteiger charge is 2.18. The molecule has 0 aliphatic carbocycles. The number of carbonyl (C=O) groups is 1. The summed E-state index contributed by atoms with van der Waals surface area (Å²) in [7, 11) is 1.69. The van der Waals surface area contributed by atoms with Gasteiger partial charge >= 0.3 is 0 Å². The molecular weight excluding hydrogens is 366 g/mol. The summed E-state index contributed by atoms with van der Waals surface area (Å²) in [5.41, 5.74) is 4.01. The molecule has 0 heterocycles. The Morgan fingerprint density at radius 1 is 1.12 bits per heavy atom. The van der Waals surface area contributed by atoms with Gasteiger partial charge in [0.15, 0.2) is 0 Å². The summed E-state index contributed by atoms with van der Waals surface area (Å²) in [5, 5.41) is 3.09. The van der Waals surface area contributed by atoms with Crippen LogP contribution in [0.15, 0.2) is 40.9 Å². The minimum Gasteiger partial charge on any atom is -0.496 e. The van der Waals surface area contributed by atoms with Crippen LogP contribution in [0.2, 0.25) is 0 Å². The van der Waals surface area contributed by atoms with Gasteiger partial charge in [-0.25, -0.2) is 0 Å². The first-order valence-electron chi connectivity index (χ1n) is 8.09. The summed E-state index contributed by atoms with van der Waals surface area (Å²) in [6, 6.07) is 11.5. The van der Waals surface area contributed by atoms with Gasteiger partial charge in [-0.2, -0.15) is 0 Å². The molecule has 2 aromatic rings. The normalized spacial score (nSPS) is 12.1. The van der Waals surface area contributed by atoms with Crippen molar-refractivity contribution in [2.24, 2.45) is 0 Å². The van der Waals surface area contributed by atoms with Gasteiger partial charge in [0.25, 0.3) is 5.91 Å². The Morgan fingerprint density at radius 3 is 2.38 bits per heavy atom. The van der Waals surface area contributed by atoms with Crippen molar-refractivity contribution >= 4 is 21.8 Å². The van der Waals surface area contributed by atoms with E-state index in [0.29, 0.717) is 11.5 Å². The van der Waals surface area contributed by atoms with E-state index in [0.717, 1.165) is 26.9 Å². The number of methoxy groups -OCH3 is 1. The third-order valence-corrected chi connectivity index (χ3v) is 4.86. The second kappa shape index (κ2) is 7.84. The summed E-state index contributed by atoms with van der Waals surface area (Å²) in [5.74, 6) is 1.16. The number of nitrogens with one attached hydrogen (secondary N) is 1. The van der Waals surface area contributed by atoms with E-state index in [-0.39, 0.29) is 11.9 Å². The molecule has 1 N–H and O–H groups in total. The van der Waals surface area contributed by atoms with Gasteiger partial charge in [-0.1, -0.05) is 26.0 Å². The summed E-state index contributed by atoms with van der Waals surface area (Å²) in [6.07, 6.45) is 0. The molecule has 0 unspecified atom stereocenters. The van der Waals surface area contributed by atoms with Gasteiger partial charge < -0.3 is 10.1 Å². The molecule has 0 saturated carbocycles. The maximum atomic E-state index is 12.5. The number of carbonyl (C=O) groups excluding carboxylic acids is 1. The second-order valence-electron chi connectivity index (χ2n) is 6.28. The minimum absolute atomic E-state index is 0.0868. The van der Waals surface area contributed by atoms with Crippen LogP contribution < -0.4 is 10.1 Å². The van der Waals surface area contributed by atoms with Crippen LogP contribution in [0.3, 0.4) is 0 Å². The molecule has 0 aliphatic heterocycles. The Morgan fingerprint density at radius 2 is 1.79 bits per heavy atom. The van der Waals surface area contributed by atoms with Gasteiger partial charge in [0.1, 0.15) is 5.75 Å². The van der Waals surface area contributed by atoms with Gasteiger partial charge in [0, 0.05) is 4.47 Å². The second-order valence-corrected chi connectivity index (χ2v) is 7.13. The molecule has 24 heavy (non-hydrogen) atoms. The third-order valence-electron chi connectivity index (χ3n) is 4.17. The zero-order valence-electron chi connectivity index (χ0n) is 14.8. The van der Waals surface area contributed by atoms with E-state index in [1.165, 1.54) is 0 Å². The molecule has 0 aliphatic rings. The fourth-order valence-corrected chi connectivity index (χ4v) is 3.27. The van der Waals surface area contributed by atoms with Crippen LogP contribution in [0.1, 0.15) is 59.8 Å². The van der Waals surface area contributed by atoms with Crippen LogP contribution in [0.25, 0.3) is 0 Å². The number of ether oxygens (including phenoxy) is 1. The summed E-state index contributed by atoms with van der Waals surface area (Å²) in [4.78, 5) is 12.5. The highest BCUT2D eigenvalue weighted by atomic mass is 79.9. The van der Waals surface area contributed by atoms with E-state index in [2.05, 4.69) is 41.2 Å². The van der Waals surface area contributed by atoms with Crippen molar-refractivity contribution < 1.29 is 9.53 Å². The van der Waals surface area contributed by atoms with Crippen molar-refractivity contribution in [1.82, 2.24) is 5.32 Å². The lowest BCUT2D eigenvalue weighted by molar-refractivity contribution is 0.0939. The fourth-order valence-electron chi connectivity index (χ4n) is 2.81. The van der Waals surface area contributed by atoms with Crippen LogP contribution in [0, 0.1) is 6.92 Å². The number of rotatable bonds is 5. The largest absolute Gasteiger partial charge is 0.496 e. The van der Waals surface area contributed by atoms with Gasteiger partial charge in [-0.3, -0.25) is 4.79 Å². The smallest absolute Gasteiger partial charge is 0.252 e. The Labute approximate surface area is 152 Å². The number of benzene rings is 2. The standard InChI is InChI=1S/C20H24BrNO2/c1-12(2)16-11-17(13(3)10-19(16)24-5)14(4)22-20(23)15-8-6-7-9-18(15)21/h6-12,14H,1-5H3,(H,22,23)/t14-/m1/s1. The molecule has 4 heteroatoms. The molecule has 128 valence electrons. The van der Waals surface area contributed by atoms with Gasteiger partial charge in [0.2, 0.25) is 0 Å². The zero-order valence-corrected chi connectivity index (χ0v) is 16.4. The summed E-state index contributed by atoms with van der Waals surface area (Å²) < 4.78 is 6.29. The fraction of sp³-hybridized carbons (Fsp3) is 0.350. The number of hydrogen-bond acceptors (Lipinski definition) is 2. The van der Waals surface area contributed by atoms with E-state index >= 15 is 0 Å². The van der Waals surface area contributed by atoms with Gasteiger partial charge in [0.05, 0.1) is 18.7 Å². The predicted molar refractivity (Wildman–Crippen MR) is 102 cm³/mol. The average molecular weight is 390 g/mol. The quantitative estimate of drug-likeness (QED) is 0.744. The summed E-state index contributed by atoms with van der Waals surface area (Å²) >= 11 is 3.43. The minimum atomic E-state index is -0.0898. The van der Waals surface area contributed by atoms with E-state index in [1.807, 2.05) is 44.2 Å².